The van der Waals surface area contributed by atoms with Crippen LogP contribution in [0.3, 0.4) is 0 Å². The zero-order valence-corrected chi connectivity index (χ0v) is 74.1. The van der Waals surface area contributed by atoms with Crippen LogP contribution in [0.25, 0.3) is 44.0 Å². The quantitative estimate of drug-likeness (QED) is 0.0134. The van der Waals surface area contributed by atoms with Gasteiger partial charge >= 0.3 is 17.9 Å². The number of nitrogens with zero attached hydrogens (tertiary/aromatic N) is 5. The van der Waals surface area contributed by atoms with Gasteiger partial charge in [0.2, 0.25) is 5.88 Å². The van der Waals surface area contributed by atoms with Gasteiger partial charge < -0.3 is 75.1 Å². The lowest BCUT2D eigenvalue weighted by Crippen LogP contribution is -2.34. The van der Waals surface area contributed by atoms with E-state index in [0.29, 0.717) is 107 Å². The molecule has 0 spiro atoms. The normalized spacial score (nSPS) is 11.8. The topological polar surface area (TPSA) is 484 Å². The second kappa shape index (κ2) is 43.8. The highest BCUT2D eigenvalue weighted by atomic mass is 32.2. The van der Waals surface area contributed by atoms with Crippen molar-refractivity contribution in [3.05, 3.63) is 321 Å². The van der Waals surface area contributed by atoms with Crippen molar-refractivity contribution in [3.8, 4) is 34.3 Å². The van der Waals surface area contributed by atoms with E-state index in [0.717, 1.165) is 76.1 Å². The summed E-state index contributed by atoms with van der Waals surface area (Å²) in [4.78, 5) is 149. The van der Waals surface area contributed by atoms with E-state index in [9.17, 15) is 71.1 Å². The number of sulfonamides is 1. The lowest BCUT2D eigenvalue weighted by atomic mass is 9.87. The first-order chi connectivity index (χ1) is 64.0. The maximum Gasteiger partial charge on any atom is 0.341 e. The third kappa shape index (κ3) is 22.3. The molecule has 6 heterocycles. The van der Waals surface area contributed by atoms with Gasteiger partial charge in [-0.25, -0.2) is 32.5 Å². The molecule has 0 unspecified atom stereocenters. The van der Waals surface area contributed by atoms with Crippen molar-refractivity contribution in [2.24, 2.45) is 22.9 Å². The van der Waals surface area contributed by atoms with Gasteiger partial charge in [0, 0.05) is 67.0 Å². The third-order valence-electron chi connectivity index (χ3n) is 22.5. The molecule has 0 atom stereocenters. The SMILES string of the molecule is CCc1c(C(=O)C(N)=O)c2c(OCC(=O)NS(=O)(=O)c3ccccc3)cccc2n1Cc1ccccc1.CCc1c(C(=O)C(N)=O)c2c(OCC(=O)O)cccc2n1Cc1ccccc1.CCc1c(C(=O)C(N)=O)c2c(OCC(=O)O)cccn2c1Cc1ccccc1-c1ccccc1.CCc1c(C(=O)C(N)=O)c2c(OCC(=O)O)nc(C3CCCCC3)cn2c1Cc1ccccc1. The minimum Gasteiger partial charge on any atom is -0.483 e. The largest absolute Gasteiger partial charge is 0.483 e. The molecule has 12 N–H and O–H groups in total. The summed E-state index contributed by atoms with van der Waals surface area (Å²) in [6.45, 7) is 6.06. The molecular weight excluding hydrogens is 1720 g/mol. The van der Waals surface area contributed by atoms with Crippen LogP contribution in [0, 0.1) is 0 Å². The first-order valence-corrected chi connectivity index (χ1v) is 44.4. The number of carboxylic acids is 3. The fourth-order valence-electron chi connectivity index (χ4n) is 16.8. The predicted octanol–water partition coefficient (Wildman–Crippen LogP) is 12.7. The van der Waals surface area contributed by atoms with Gasteiger partial charge in [0.05, 0.1) is 60.2 Å². The van der Waals surface area contributed by atoms with Gasteiger partial charge in [0.25, 0.3) is 62.7 Å². The number of nitrogens with one attached hydrogen (secondary N) is 1. The molecule has 1 aliphatic carbocycles. The first-order valence-electron chi connectivity index (χ1n) is 42.9. The molecule has 15 rings (SSSR count). The van der Waals surface area contributed by atoms with Gasteiger partial charge in [-0.15, -0.1) is 0 Å². The molecule has 14 aromatic rings. The Hall–Kier alpha value is -16.1. The van der Waals surface area contributed by atoms with E-state index in [1.54, 1.807) is 71.3 Å². The Labute approximate surface area is 763 Å². The number of rotatable bonds is 36. The molecular formula is C101H98N10O21S. The number of primary amides is 4. The summed E-state index contributed by atoms with van der Waals surface area (Å²) in [6.07, 6.45) is 11.9. The van der Waals surface area contributed by atoms with Crippen molar-refractivity contribution in [2.45, 2.75) is 122 Å². The average molecular weight is 1820 g/mol. The number of Topliss-reactive ketones (excluding diaryl/α,β-unsaturated/α-hetero) is 4. The number of benzene rings is 8. The second-order valence-corrected chi connectivity index (χ2v) is 32.7. The molecule has 684 valence electrons. The van der Waals surface area contributed by atoms with Crippen molar-refractivity contribution >= 4 is 113 Å². The molecule has 32 heteroatoms. The number of carbonyl (C=O) groups is 12. The number of hydrogen-bond acceptors (Lipinski definition) is 19. The molecule has 1 saturated carbocycles. The minimum absolute atomic E-state index is 0.0454. The number of pyridine rings is 1. The summed E-state index contributed by atoms with van der Waals surface area (Å²) < 4.78 is 56.6. The van der Waals surface area contributed by atoms with Crippen LogP contribution < -0.4 is 46.6 Å². The first kappa shape index (κ1) is 96.0. The van der Waals surface area contributed by atoms with E-state index in [1.165, 1.54) is 18.6 Å². The van der Waals surface area contributed by atoms with Crippen LogP contribution in [0.15, 0.2) is 242 Å². The summed E-state index contributed by atoms with van der Waals surface area (Å²) in [6, 6.07) is 68.0. The van der Waals surface area contributed by atoms with Gasteiger partial charge in [0.1, 0.15) is 22.8 Å². The summed E-state index contributed by atoms with van der Waals surface area (Å²) in [7, 11) is -4.08. The van der Waals surface area contributed by atoms with E-state index >= 15 is 0 Å². The van der Waals surface area contributed by atoms with Crippen LogP contribution >= 0.6 is 0 Å². The number of ether oxygens (including phenoxy) is 4. The van der Waals surface area contributed by atoms with E-state index < -0.39 is 107 Å². The third-order valence-corrected chi connectivity index (χ3v) is 23.9. The highest BCUT2D eigenvalue weighted by Crippen LogP contribution is 2.42. The van der Waals surface area contributed by atoms with Crippen LogP contribution in [0.4, 0.5) is 0 Å². The highest BCUT2D eigenvalue weighted by Gasteiger charge is 2.35. The van der Waals surface area contributed by atoms with Crippen molar-refractivity contribution in [3.63, 3.8) is 0 Å². The maximum atomic E-state index is 13.0. The highest BCUT2D eigenvalue weighted by molar-refractivity contribution is 7.90. The number of aromatic nitrogens is 5. The molecule has 1 fully saturated rings. The molecule has 0 bridgehead atoms. The van der Waals surface area contributed by atoms with Crippen LogP contribution in [0.5, 0.6) is 23.1 Å². The second-order valence-electron chi connectivity index (χ2n) is 31.0. The zero-order chi connectivity index (χ0) is 95.3. The van der Waals surface area contributed by atoms with Gasteiger partial charge in [-0.1, -0.05) is 223 Å². The number of fused-ring (bicyclic) bond motifs is 4. The standard InChI is InChI=1S/C27H25N3O6S.C27H24N2O5.C26H29N3O5.C21H20N2O5/c1-2-20-25(26(32)27(28)33)24-21(30(20)16-18-10-5-3-6-11-18)14-9-15-22(24)36-17-23(31)29-37(34,35)19-12-7-4-8-13-19;1-2-19-21(15-18-11-6-7-12-20(18)17-9-4-3-5-10-17)29-14-8-13-22(34-16-23(30)31)25(29)24(19)26(32)27(28)33;1-2-18-20(13-16-9-5-3-6-10-16)29-14-19(17-11-7-4-8-12-17)28-26(34-15-21(30)31)23(29)22(18)24(32)25(27)33;1-2-14-19(20(26)21(22)27)18-15(9-6-10-16(18)28-12-17(24)25)23(14)11-13-7-4-3-5-8-13/h3-15H,2,16-17H2,1H3,(H2,28,33)(H,29,31);3-14H,2,15-16H2,1H3,(H2,28,33)(H,30,31);3,5-6,9-10,14,17H,2,4,7-8,11-13,15H2,1H3,(H2,27,33)(H,30,31);3-10H,2,11-12H2,1H3,(H2,22,27)(H,24,25). The Morgan fingerprint density at radius 1 is 0.414 bits per heavy atom. The molecule has 0 radical (unpaired) electrons. The number of amides is 5. The Bertz CT molecular complexity index is 6880. The number of hydrogen-bond donors (Lipinski definition) is 8. The van der Waals surface area contributed by atoms with Gasteiger partial charge in [-0.3, -0.25) is 43.2 Å². The van der Waals surface area contributed by atoms with E-state index in [4.69, 9.17) is 52.1 Å². The number of carboxylic acid groups (broad SMARTS) is 3. The van der Waals surface area contributed by atoms with Gasteiger partial charge in [-0.2, -0.15) is 0 Å². The Morgan fingerprint density at radius 3 is 1.30 bits per heavy atom. The number of nitrogens with two attached hydrogens (primary N) is 4. The summed E-state index contributed by atoms with van der Waals surface area (Å²) in [5.41, 5.74) is 35.2. The van der Waals surface area contributed by atoms with Crippen LogP contribution in [0.2, 0.25) is 0 Å². The molecule has 133 heavy (non-hydrogen) atoms. The molecule has 8 aromatic carbocycles. The molecule has 1 aliphatic rings. The van der Waals surface area contributed by atoms with E-state index in [-0.39, 0.29) is 56.2 Å². The van der Waals surface area contributed by atoms with Crippen molar-refractivity contribution < 1.29 is 100 Å². The fourth-order valence-corrected chi connectivity index (χ4v) is 17.8. The van der Waals surface area contributed by atoms with Gasteiger partial charge in [0.15, 0.2) is 26.4 Å². The Balaban J connectivity index is 0.000000161. The molecule has 0 aliphatic heterocycles. The number of carbonyl (C=O) groups excluding carboxylic acids is 9. The van der Waals surface area contributed by atoms with E-state index in [2.05, 4.69) is 4.98 Å². The van der Waals surface area contributed by atoms with Crippen LogP contribution in [-0.2, 0) is 100.0 Å². The van der Waals surface area contributed by atoms with Gasteiger partial charge in [-0.05, 0) is 132 Å². The Morgan fingerprint density at radius 2 is 0.827 bits per heavy atom. The average Bonchev–Trinajstić information content (AvgIpc) is 1.53. The van der Waals surface area contributed by atoms with Crippen LogP contribution in [-0.4, -0.2) is 144 Å². The number of ketones is 4. The fraction of sp³-hybridized carbons (Fsp3) is 0.218. The Kier molecular flexibility index (Phi) is 31.6. The number of aliphatic carboxylic acids is 3. The predicted molar refractivity (Wildman–Crippen MR) is 496 cm³/mol. The van der Waals surface area contributed by atoms with Crippen LogP contribution in [0.1, 0.15) is 169 Å². The summed E-state index contributed by atoms with van der Waals surface area (Å²) in [5.74, 6) is -11.2. The summed E-state index contributed by atoms with van der Waals surface area (Å²) >= 11 is 0. The molecule has 0 saturated heterocycles. The minimum atomic E-state index is -4.08. The van der Waals surface area contributed by atoms with Crippen molar-refractivity contribution in [2.75, 3.05) is 26.4 Å². The maximum absolute atomic E-state index is 13.0. The smallest absolute Gasteiger partial charge is 0.341 e. The van der Waals surface area contributed by atoms with E-state index in [1.807, 2.05) is 204 Å². The summed E-state index contributed by atoms with van der Waals surface area (Å²) in [5, 5.41) is 28.0. The lowest BCUT2D eigenvalue weighted by Gasteiger charge is -2.22. The lowest BCUT2D eigenvalue weighted by molar-refractivity contribution is -0.140. The molecule has 5 amide bonds. The van der Waals surface area contributed by atoms with Crippen molar-refractivity contribution in [1.82, 2.24) is 27.6 Å². The molecule has 31 nitrogen and oxygen atoms in total. The monoisotopic (exact) mass is 1820 g/mol. The van der Waals surface area contributed by atoms with Crippen molar-refractivity contribution in [1.29, 1.82) is 0 Å². The zero-order valence-electron chi connectivity index (χ0n) is 73.3. The molecule has 6 aromatic heterocycles.